The standard InChI is InChI=1S/C16H31N5/c1-6-7-8-10-16(2,3)13-19-15(17-4)18-12-14-9-11-20-21(14)5/h9,11H,6-8,10,12-13H2,1-5H3,(H2,17,18,19). The van der Waals surface area contributed by atoms with Crippen LogP contribution in [0.15, 0.2) is 17.3 Å². The molecule has 21 heavy (non-hydrogen) atoms. The fraction of sp³-hybridized carbons (Fsp3) is 0.750. The van der Waals surface area contributed by atoms with Gasteiger partial charge in [-0.05, 0) is 17.9 Å². The highest BCUT2D eigenvalue weighted by molar-refractivity contribution is 5.79. The first kappa shape index (κ1) is 17.5. The van der Waals surface area contributed by atoms with Crippen molar-refractivity contribution >= 4 is 5.96 Å². The topological polar surface area (TPSA) is 54.2 Å². The minimum atomic E-state index is 0.291. The van der Waals surface area contributed by atoms with Gasteiger partial charge in [-0.3, -0.25) is 9.67 Å². The van der Waals surface area contributed by atoms with Crippen LogP contribution in [0.4, 0.5) is 0 Å². The van der Waals surface area contributed by atoms with Crippen molar-refractivity contribution < 1.29 is 0 Å². The Hall–Kier alpha value is -1.52. The number of aryl methyl sites for hydroxylation is 1. The SMILES string of the molecule is CCCCCC(C)(C)CNC(=NC)NCc1ccnn1C. The molecule has 120 valence electrons. The molecule has 1 aromatic heterocycles. The third-order valence-corrected chi connectivity index (χ3v) is 3.77. The number of nitrogens with one attached hydrogen (secondary N) is 2. The third kappa shape index (κ3) is 6.65. The molecule has 0 saturated heterocycles. The summed E-state index contributed by atoms with van der Waals surface area (Å²) in [5.41, 5.74) is 1.43. The molecule has 1 rings (SSSR count). The maximum Gasteiger partial charge on any atom is 0.191 e. The van der Waals surface area contributed by atoms with Gasteiger partial charge in [-0.1, -0.05) is 40.0 Å². The Labute approximate surface area is 129 Å². The summed E-state index contributed by atoms with van der Waals surface area (Å²) in [4.78, 5) is 4.28. The van der Waals surface area contributed by atoms with Crippen LogP contribution in [0.25, 0.3) is 0 Å². The largest absolute Gasteiger partial charge is 0.356 e. The second kappa shape index (κ2) is 8.70. The molecule has 2 N–H and O–H groups in total. The van der Waals surface area contributed by atoms with Crippen LogP contribution in [0.3, 0.4) is 0 Å². The highest BCUT2D eigenvalue weighted by atomic mass is 15.3. The summed E-state index contributed by atoms with van der Waals surface area (Å²) in [6.45, 7) is 8.53. The molecule has 0 bridgehead atoms. The summed E-state index contributed by atoms with van der Waals surface area (Å²) in [5.74, 6) is 0.847. The first-order valence-corrected chi connectivity index (χ1v) is 7.90. The Morgan fingerprint density at radius 1 is 1.33 bits per heavy atom. The Kier molecular flexibility index (Phi) is 7.26. The van der Waals surface area contributed by atoms with Gasteiger partial charge in [0, 0.05) is 26.8 Å². The van der Waals surface area contributed by atoms with Gasteiger partial charge < -0.3 is 10.6 Å². The van der Waals surface area contributed by atoms with Crippen molar-refractivity contribution in [1.29, 1.82) is 0 Å². The Morgan fingerprint density at radius 2 is 2.10 bits per heavy atom. The Bertz CT molecular complexity index is 434. The quantitative estimate of drug-likeness (QED) is 0.440. The van der Waals surface area contributed by atoms with Gasteiger partial charge in [0.05, 0.1) is 12.2 Å². The van der Waals surface area contributed by atoms with E-state index in [-0.39, 0.29) is 0 Å². The van der Waals surface area contributed by atoms with E-state index in [0.717, 1.165) is 24.7 Å². The smallest absolute Gasteiger partial charge is 0.191 e. The molecule has 1 heterocycles. The first-order valence-electron chi connectivity index (χ1n) is 7.90. The van der Waals surface area contributed by atoms with Gasteiger partial charge in [0.15, 0.2) is 5.96 Å². The van der Waals surface area contributed by atoms with E-state index in [2.05, 4.69) is 41.5 Å². The van der Waals surface area contributed by atoms with Gasteiger partial charge in [0.1, 0.15) is 0 Å². The van der Waals surface area contributed by atoms with Gasteiger partial charge in [-0.2, -0.15) is 5.10 Å². The lowest BCUT2D eigenvalue weighted by Crippen LogP contribution is -2.42. The van der Waals surface area contributed by atoms with Gasteiger partial charge in [0.2, 0.25) is 0 Å². The molecule has 0 aromatic carbocycles. The number of guanidine groups is 1. The molecule has 0 spiro atoms. The molecule has 0 radical (unpaired) electrons. The van der Waals surface area contributed by atoms with E-state index in [1.54, 1.807) is 0 Å². The monoisotopic (exact) mass is 293 g/mol. The van der Waals surface area contributed by atoms with Crippen LogP contribution in [0.5, 0.6) is 0 Å². The molecule has 0 unspecified atom stereocenters. The average molecular weight is 293 g/mol. The average Bonchev–Trinajstić information content (AvgIpc) is 2.85. The van der Waals surface area contributed by atoms with Crippen LogP contribution in [0.2, 0.25) is 0 Å². The summed E-state index contributed by atoms with van der Waals surface area (Å²) in [6, 6.07) is 2.01. The van der Waals surface area contributed by atoms with Crippen LogP contribution in [-0.4, -0.2) is 29.3 Å². The van der Waals surface area contributed by atoms with Gasteiger partial charge in [0.25, 0.3) is 0 Å². The molecular formula is C16H31N5. The van der Waals surface area contributed by atoms with Crippen molar-refractivity contribution in [3.8, 4) is 0 Å². The lowest BCUT2D eigenvalue weighted by atomic mass is 9.87. The number of hydrogen-bond acceptors (Lipinski definition) is 2. The first-order chi connectivity index (χ1) is 9.98. The number of unbranched alkanes of at least 4 members (excludes halogenated alkanes) is 2. The van der Waals surface area contributed by atoms with Crippen LogP contribution < -0.4 is 10.6 Å². The van der Waals surface area contributed by atoms with E-state index in [1.165, 1.54) is 25.7 Å². The fourth-order valence-corrected chi connectivity index (χ4v) is 2.23. The number of rotatable bonds is 8. The molecule has 0 aliphatic rings. The summed E-state index contributed by atoms with van der Waals surface area (Å²) in [6.07, 6.45) is 6.94. The predicted molar refractivity (Wildman–Crippen MR) is 89.3 cm³/mol. The molecule has 0 aliphatic heterocycles. The zero-order valence-electron chi connectivity index (χ0n) is 14.2. The fourth-order valence-electron chi connectivity index (χ4n) is 2.23. The van der Waals surface area contributed by atoms with E-state index in [4.69, 9.17) is 0 Å². The molecule has 5 nitrogen and oxygen atoms in total. The summed E-state index contributed by atoms with van der Waals surface area (Å²) in [7, 11) is 3.76. The summed E-state index contributed by atoms with van der Waals surface area (Å²) >= 11 is 0. The Morgan fingerprint density at radius 3 is 2.67 bits per heavy atom. The van der Waals surface area contributed by atoms with E-state index in [9.17, 15) is 0 Å². The normalized spacial score (nSPS) is 12.5. The minimum absolute atomic E-state index is 0.291. The van der Waals surface area contributed by atoms with Crippen molar-refractivity contribution in [3.05, 3.63) is 18.0 Å². The summed E-state index contributed by atoms with van der Waals surface area (Å²) < 4.78 is 1.87. The number of hydrogen-bond donors (Lipinski definition) is 2. The molecule has 0 aliphatic carbocycles. The molecule has 5 heteroatoms. The van der Waals surface area contributed by atoms with Crippen LogP contribution >= 0.6 is 0 Å². The minimum Gasteiger partial charge on any atom is -0.356 e. The predicted octanol–water partition coefficient (Wildman–Crippen LogP) is 2.69. The van der Waals surface area contributed by atoms with Gasteiger partial charge in [-0.15, -0.1) is 0 Å². The third-order valence-electron chi connectivity index (χ3n) is 3.77. The van der Waals surface area contributed by atoms with E-state index in [1.807, 2.05) is 31.0 Å². The molecule has 0 atom stereocenters. The molecule has 0 saturated carbocycles. The van der Waals surface area contributed by atoms with Crippen LogP contribution in [0.1, 0.15) is 52.1 Å². The van der Waals surface area contributed by atoms with Crippen molar-refractivity contribution in [2.75, 3.05) is 13.6 Å². The van der Waals surface area contributed by atoms with Crippen LogP contribution in [-0.2, 0) is 13.6 Å². The number of aromatic nitrogens is 2. The van der Waals surface area contributed by atoms with E-state index < -0.39 is 0 Å². The summed E-state index contributed by atoms with van der Waals surface area (Å²) in [5, 5.41) is 10.9. The number of nitrogens with zero attached hydrogens (tertiary/aromatic N) is 3. The van der Waals surface area contributed by atoms with E-state index in [0.29, 0.717) is 5.41 Å². The molecule has 0 fully saturated rings. The second-order valence-electron chi connectivity index (χ2n) is 6.35. The lowest BCUT2D eigenvalue weighted by molar-refractivity contribution is 0.318. The highest BCUT2D eigenvalue weighted by Crippen LogP contribution is 2.22. The van der Waals surface area contributed by atoms with Crippen molar-refractivity contribution in [3.63, 3.8) is 0 Å². The molecule has 1 aromatic rings. The van der Waals surface area contributed by atoms with Crippen molar-refractivity contribution in [2.45, 2.75) is 53.0 Å². The van der Waals surface area contributed by atoms with Crippen molar-refractivity contribution in [1.82, 2.24) is 20.4 Å². The Balaban J connectivity index is 2.35. The van der Waals surface area contributed by atoms with Crippen LogP contribution in [0, 0.1) is 5.41 Å². The maximum atomic E-state index is 4.28. The maximum absolute atomic E-state index is 4.28. The zero-order valence-corrected chi connectivity index (χ0v) is 14.2. The zero-order chi connectivity index (χ0) is 15.7. The highest BCUT2D eigenvalue weighted by Gasteiger charge is 2.17. The van der Waals surface area contributed by atoms with Crippen molar-refractivity contribution in [2.24, 2.45) is 17.5 Å². The lowest BCUT2D eigenvalue weighted by Gasteiger charge is -2.26. The molecule has 0 amide bonds. The van der Waals surface area contributed by atoms with Gasteiger partial charge >= 0.3 is 0 Å². The number of aliphatic imine (C=N–C) groups is 1. The van der Waals surface area contributed by atoms with Gasteiger partial charge in [-0.25, -0.2) is 0 Å². The van der Waals surface area contributed by atoms with E-state index >= 15 is 0 Å². The molecular weight excluding hydrogens is 262 g/mol. The second-order valence-corrected chi connectivity index (χ2v) is 6.35.